The van der Waals surface area contributed by atoms with Gasteiger partial charge in [-0.3, -0.25) is 9.78 Å². The number of hydrogen-bond donors (Lipinski definition) is 1. The van der Waals surface area contributed by atoms with Crippen molar-refractivity contribution < 1.29 is 9.18 Å². The smallest absolute Gasteiger partial charge is 0.251 e. The molecule has 6 heteroatoms. The van der Waals surface area contributed by atoms with Gasteiger partial charge in [0.25, 0.3) is 5.91 Å². The van der Waals surface area contributed by atoms with Crippen LogP contribution in [0.15, 0.2) is 60.9 Å². The van der Waals surface area contributed by atoms with Crippen molar-refractivity contribution in [2.45, 2.75) is 13.5 Å². The number of nitrogens with one attached hydrogen (secondary N) is 1. The fraction of sp³-hybridized carbons (Fsp3) is 0.0952. The van der Waals surface area contributed by atoms with Crippen molar-refractivity contribution in [2.75, 3.05) is 0 Å². The Bertz CT molecular complexity index is 1120. The second-order valence-electron chi connectivity index (χ2n) is 6.26. The molecule has 4 rings (SSSR count). The minimum atomic E-state index is -0.291. The minimum Gasteiger partial charge on any atom is -0.348 e. The van der Waals surface area contributed by atoms with Crippen molar-refractivity contribution in [1.82, 2.24) is 15.3 Å². The Morgan fingerprint density at radius 3 is 2.70 bits per heavy atom. The van der Waals surface area contributed by atoms with Gasteiger partial charge in [0.1, 0.15) is 10.8 Å². The van der Waals surface area contributed by atoms with E-state index in [4.69, 9.17) is 0 Å². The van der Waals surface area contributed by atoms with Crippen molar-refractivity contribution in [3.63, 3.8) is 0 Å². The molecule has 1 amide bonds. The molecule has 0 aliphatic carbocycles. The average Bonchev–Trinajstić information content (AvgIpc) is 3.11. The van der Waals surface area contributed by atoms with Crippen LogP contribution in [0.5, 0.6) is 0 Å². The van der Waals surface area contributed by atoms with Gasteiger partial charge in [-0.25, -0.2) is 9.37 Å². The Labute approximate surface area is 159 Å². The number of pyridine rings is 1. The summed E-state index contributed by atoms with van der Waals surface area (Å²) < 4.78 is 13.9. The van der Waals surface area contributed by atoms with Crippen LogP contribution in [0.2, 0.25) is 0 Å². The summed E-state index contributed by atoms with van der Waals surface area (Å²) >= 11 is 1.53. The van der Waals surface area contributed by atoms with Gasteiger partial charge in [0.05, 0.1) is 10.2 Å². The number of thiazole rings is 1. The van der Waals surface area contributed by atoms with E-state index in [9.17, 15) is 9.18 Å². The quantitative estimate of drug-likeness (QED) is 0.559. The maximum atomic E-state index is 12.9. The third kappa shape index (κ3) is 3.85. The molecule has 0 spiro atoms. The van der Waals surface area contributed by atoms with Crippen LogP contribution in [0.25, 0.3) is 20.8 Å². The highest BCUT2D eigenvalue weighted by Gasteiger charge is 2.11. The van der Waals surface area contributed by atoms with Crippen molar-refractivity contribution in [3.8, 4) is 10.6 Å². The molecule has 0 saturated heterocycles. The molecule has 0 atom stereocenters. The fourth-order valence-electron chi connectivity index (χ4n) is 2.75. The van der Waals surface area contributed by atoms with Gasteiger partial charge >= 0.3 is 0 Å². The standard InChI is InChI=1S/C21H16FN3OS/c1-13-8-16(12-23-10-13)21-25-18-7-4-15(9-19(18)27-21)20(26)24-11-14-2-5-17(22)6-3-14/h2-10,12H,11H2,1H3,(H,24,26). The topological polar surface area (TPSA) is 54.9 Å². The summed E-state index contributed by atoms with van der Waals surface area (Å²) in [6.07, 6.45) is 3.60. The van der Waals surface area contributed by atoms with Gasteiger partial charge in [-0.1, -0.05) is 12.1 Å². The third-order valence-corrected chi connectivity index (χ3v) is 5.21. The molecule has 2 aromatic heterocycles. The van der Waals surface area contributed by atoms with Crippen molar-refractivity contribution >= 4 is 27.5 Å². The van der Waals surface area contributed by atoms with Gasteiger partial charge in [-0.2, -0.15) is 0 Å². The SMILES string of the molecule is Cc1cncc(-c2nc3ccc(C(=O)NCc4ccc(F)cc4)cc3s2)c1. The summed E-state index contributed by atoms with van der Waals surface area (Å²) in [6.45, 7) is 2.34. The van der Waals surface area contributed by atoms with Crippen molar-refractivity contribution in [3.05, 3.63) is 83.4 Å². The molecule has 0 saturated carbocycles. The molecule has 134 valence electrons. The van der Waals surface area contributed by atoms with Crippen LogP contribution >= 0.6 is 11.3 Å². The second kappa shape index (κ2) is 7.25. The molecular weight excluding hydrogens is 361 g/mol. The zero-order chi connectivity index (χ0) is 18.8. The number of aryl methyl sites for hydroxylation is 1. The van der Waals surface area contributed by atoms with Gasteiger partial charge in [0, 0.05) is 30.1 Å². The number of hydrogen-bond acceptors (Lipinski definition) is 4. The van der Waals surface area contributed by atoms with Gasteiger partial charge in [-0.15, -0.1) is 11.3 Å². The van der Waals surface area contributed by atoms with Gasteiger partial charge in [0.2, 0.25) is 0 Å². The van der Waals surface area contributed by atoms with Crippen LogP contribution in [-0.4, -0.2) is 15.9 Å². The Morgan fingerprint density at radius 2 is 1.93 bits per heavy atom. The Balaban J connectivity index is 1.54. The zero-order valence-electron chi connectivity index (χ0n) is 14.6. The first kappa shape index (κ1) is 17.3. The molecule has 0 radical (unpaired) electrons. The number of aromatic nitrogens is 2. The molecule has 0 unspecified atom stereocenters. The molecule has 2 heterocycles. The fourth-order valence-corrected chi connectivity index (χ4v) is 3.73. The lowest BCUT2D eigenvalue weighted by atomic mass is 10.2. The van der Waals surface area contributed by atoms with E-state index < -0.39 is 0 Å². The first-order valence-corrected chi connectivity index (χ1v) is 9.25. The lowest BCUT2D eigenvalue weighted by Crippen LogP contribution is -2.22. The molecule has 0 bridgehead atoms. The van der Waals surface area contributed by atoms with E-state index in [1.807, 2.05) is 25.1 Å². The average molecular weight is 377 g/mol. The molecule has 0 aliphatic heterocycles. The minimum absolute atomic E-state index is 0.173. The highest BCUT2D eigenvalue weighted by Crippen LogP contribution is 2.30. The molecule has 4 nitrogen and oxygen atoms in total. The molecule has 2 aromatic carbocycles. The summed E-state index contributed by atoms with van der Waals surface area (Å²) in [7, 11) is 0. The first-order valence-electron chi connectivity index (χ1n) is 8.44. The van der Waals surface area contributed by atoms with Gasteiger partial charge < -0.3 is 5.32 Å². The predicted octanol–water partition coefficient (Wildman–Crippen LogP) is 4.74. The van der Waals surface area contributed by atoms with Crippen LogP contribution in [0.3, 0.4) is 0 Å². The van der Waals surface area contributed by atoms with E-state index in [0.717, 1.165) is 31.9 Å². The Hall–Kier alpha value is -3.12. The maximum Gasteiger partial charge on any atom is 0.251 e. The molecule has 0 aliphatic rings. The van der Waals surface area contributed by atoms with E-state index in [1.54, 1.807) is 30.6 Å². The molecule has 27 heavy (non-hydrogen) atoms. The summed E-state index contributed by atoms with van der Waals surface area (Å²) in [5.41, 5.74) is 4.32. The number of fused-ring (bicyclic) bond motifs is 1. The lowest BCUT2D eigenvalue weighted by Gasteiger charge is -2.05. The molecule has 0 fully saturated rings. The van der Waals surface area contributed by atoms with Crippen LogP contribution < -0.4 is 5.32 Å². The van der Waals surface area contributed by atoms with Crippen LogP contribution in [0.1, 0.15) is 21.5 Å². The number of carbonyl (C=O) groups excluding carboxylic acids is 1. The van der Waals surface area contributed by atoms with Crippen LogP contribution in [0.4, 0.5) is 4.39 Å². The Morgan fingerprint density at radius 1 is 1.11 bits per heavy atom. The number of nitrogens with zero attached hydrogens (tertiary/aromatic N) is 2. The monoisotopic (exact) mass is 377 g/mol. The van der Waals surface area contributed by atoms with E-state index in [0.29, 0.717) is 12.1 Å². The van der Waals surface area contributed by atoms with Crippen molar-refractivity contribution in [1.29, 1.82) is 0 Å². The third-order valence-electron chi connectivity index (χ3n) is 4.14. The maximum absolute atomic E-state index is 12.9. The molecular formula is C21H16FN3OS. The number of rotatable bonds is 4. The lowest BCUT2D eigenvalue weighted by molar-refractivity contribution is 0.0951. The van der Waals surface area contributed by atoms with Crippen LogP contribution in [0, 0.1) is 12.7 Å². The first-order chi connectivity index (χ1) is 13.1. The van der Waals surface area contributed by atoms with E-state index in [2.05, 4.69) is 15.3 Å². The van der Waals surface area contributed by atoms with Gasteiger partial charge in [0.15, 0.2) is 0 Å². The van der Waals surface area contributed by atoms with Crippen molar-refractivity contribution in [2.24, 2.45) is 0 Å². The van der Waals surface area contributed by atoms with E-state index in [-0.39, 0.29) is 11.7 Å². The highest BCUT2D eigenvalue weighted by atomic mass is 32.1. The summed E-state index contributed by atoms with van der Waals surface area (Å²) in [5.74, 6) is -0.464. The normalized spacial score (nSPS) is 10.9. The highest BCUT2D eigenvalue weighted by molar-refractivity contribution is 7.21. The van der Waals surface area contributed by atoms with Gasteiger partial charge in [-0.05, 0) is 54.4 Å². The second-order valence-corrected chi connectivity index (χ2v) is 7.29. The van der Waals surface area contributed by atoms with Crippen LogP contribution in [-0.2, 0) is 6.54 Å². The number of amides is 1. The zero-order valence-corrected chi connectivity index (χ0v) is 15.4. The number of benzene rings is 2. The summed E-state index contributed by atoms with van der Waals surface area (Å²) in [5, 5.41) is 3.74. The number of carbonyl (C=O) groups is 1. The summed E-state index contributed by atoms with van der Waals surface area (Å²) in [6, 6.07) is 13.6. The summed E-state index contributed by atoms with van der Waals surface area (Å²) in [4.78, 5) is 21.3. The molecule has 1 N–H and O–H groups in total. The molecule has 4 aromatic rings. The Kier molecular flexibility index (Phi) is 4.64. The number of halogens is 1. The van der Waals surface area contributed by atoms with E-state index >= 15 is 0 Å². The largest absolute Gasteiger partial charge is 0.348 e. The predicted molar refractivity (Wildman–Crippen MR) is 105 cm³/mol. The van der Waals surface area contributed by atoms with E-state index in [1.165, 1.54) is 23.5 Å².